The molecular weight excluding hydrogens is 241 g/mol. The average Bonchev–Trinajstić information content (AvgIpc) is 2.14. The van der Waals surface area contributed by atoms with Gasteiger partial charge in [-0.15, -0.1) is 13.2 Å². The van der Waals surface area contributed by atoms with Gasteiger partial charge in [0.1, 0.15) is 11.6 Å². The second-order valence-corrected chi connectivity index (χ2v) is 2.79. The molecule has 0 fully saturated rings. The minimum absolute atomic E-state index is 0.270. The predicted molar refractivity (Wildman–Crippen MR) is 48.6 cm³/mol. The van der Waals surface area contributed by atoms with E-state index in [4.69, 9.17) is 16.7 Å². The molecule has 17 heavy (non-hydrogen) atoms. The van der Waals surface area contributed by atoms with E-state index in [1.807, 2.05) is 0 Å². The number of primary amides is 1. The van der Waals surface area contributed by atoms with Crippen LogP contribution in [0.5, 0.6) is 5.88 Å². The topological polar surface area (TPSA) is 115 Å². The van der Waals surface area contributed by atoms with Gasteiger partial charge in [-0.3, -0.25) is 4.79 Å². The number of nitriles is 1. The third kappa shape index (κ3) is 2.75. The van der Waals surface area contributed by atoms with Crippen LogP contribution in [-0.4, -0.2) is 17.3 Å². The van der Waals surface area contributed by atoms with Crippen LogP contribution in [-0.2, 0) is 0 Å². The average molecular weight is 246 g/mol. The van der Waals surface area contributed by atoms with Crippen LogP contribution in [0.3, 0.4) is 0 Å². The zero-order valence-electron chi connectivity index (χ0n) is 8.08. The molecule has 0 aliphatic heterocycles. The summed E-state index contributed by atoms with van der Waals surface area (Å²) in [4.78, 5) is 14.1. The monoisotopic (exact) mass is 246 g/mol. The minimum Gasteiger partial charge on any atom is -0.397 e. The van der Waals surface area contributed by atoms with Gasteiger partial charge in [0.05, 0.1) is 17.4 Å². The molecule has 0 aliphatic carbocycles. The Labute approximate surface area is 92.6 Å². The van der Waals surface area contributed by atoms with E-state index < -0.39 is 29.4 Å². The summed E-state index contributed by atoms with van der Waals surface area (Å²) in [6.07, 6.45) is -4.29. The number of carbonyl (C=O) groups is 1. The summed E-state index contributed by atoms with van der Waals surface area (Å²) in [5, 5.41) is 8.56. The second-order valence-electron chi connectivity index (χ2n) is 2.79. The van der Waals surface area contributed by atoms with Gasteiger partial charge in [0, 0.05) is 0 Å². The molecule has 0 bridgehead atoms. The van der Waals surface area contributed by atoms with Gasteiger partial charge in [-0.2, -0.15) is 5.26 Å². The Morgan fingerprint density at radius 2 is 2.12 bits per heavy atom. The maximum atomic E-state index is 12.0. The lowest BCUT2D eigenvalue weighted by Crippen LogP contribution is -2.23. The number of hydrogen-bond acceptors (Lipinski definition) is 5. The number of rotatable bonds is 2. The number of nitrogens with zero attached hydrogens (tertiary/aromatic N) is 2. The summed E-state index contributed by atoms with van der Waals surface area (Å²) in [7, 11) is 0. The second kappa shape index (κ2) is 4.17. The molecule has 0 saturated heterocycles. The van der Waals surface area contributed by atoms with Crippen LogP contribution in [0.15, 0.2) is 6.20 Å². The van der Waals surface area contributed by atoms with Gasteiger partial charge in [0.25, 0.3) is 5.91 Å². The number of nitrogens with two attached hydrogens (primary N) is 2. The molecule has 0 atom stereocenters. The Bertz CT molecular complexity index is 507. The smallest absolute Gasteiger partial charge is 0.397 e. The third-order valence-corrected chi connectivity index (χ3v) is 1.66. The van der Waals surface area contributed by atoms with Crippen molar-refractivity contribution < 1.29 is 22.7 Å². The van der Waals surface area contributed by atoms with Crippen LogP contribution in [0.1, 0.15) is 15.9 Å². The van der Waals surface area contributed by atoms with Gasteiger partial charge < -0.3 is 16.2 Å². The van der Waals surface area contributed by atoms with Gasteiger partial charge in [-0.1, -0.05) is 0 Å². The summed E-state index contributed by atoms with van der Waals surface area (Å²) in [5.74, 6) is -2.35. The molecule has 0 saturated carbocycles. The molecule has 1 aromatic rings. The van der Waals surface area contributed by atoms with E-state index >= 15 is 0 Å². The fourth-order valence-corrected chi connectivity index (χ4v) is 1.02. The molecule has 0 radical (unpaired) electrons. The van der Waals surface area contributed by atoms with Gasteiger partial charge in [-0.25, -0.2) is 4.98 Å². The number of hydrogen-bond donors (Lipinski definition) is 2. The predicted octanol–water partition coefficient (Wildman–Crippen LogP) is 0.533. The van der Waals surface area contributed by atoms with Crippen molar-refractivity contribution in [2.75, 3.05) is 5.73 Å². The van der Waals surface area contributed by atoms with Crippen molar-refractivity contribution in [2.24, 2.45) is 5.73 Å². The molecule has 1 aromatic heterocycles. The Kier molecular flexibility index (Phi) is 3.08. The highest BCUT2D eigenvalue weighted by Crippen LogP contribution is 2.29. The van der Waals surface area contributed by atoms with E-state index in [1.165, 1.54) is 0 Å². The first-order valence-corrected chi connectivity index (χ1v) is 4.00. The van der Waals surface area contributed by atoms with Crippen molar-refractivity contribution in [2.45, 2.75) is 6.36 Å². The minimum atomic E-state index is -5.04. The molecule has 1 rings (SSSR count). The van der Waals surface area contributed by atoms with Gasteiger partial charge in [0.15, 0.2) is 0 Å². The molecule has 1 amide bonds. The van der Waals surface area contributed by atoms with Crippen LogP contribution in [0, 0.1) is 11.3 Å². The fraction of sp³-hybridized carbons (Fsp3) is 0.125. The molecule has 0 unspecified atom stereocenters. The first-order valence-electron chi connectivity index (χ1n) is 4.00. The summed E-state index contributed by atoms with van der Waals surface area (Å²) in [6.45, 7) is 0. The van der Waals surface area contributed by atoms with Gasteiger partial charge >= 0.3 is 6.36 Å². The zero-order valence-corrected chi connectivity index (χ0v) is 8.08. The maximum Gasteiger partial charge on any atom is 0.574 e. The van der Waals surface area contributed by atoms with Crippen LogP contribution in [0.2, 0.25) is 0 Å². The number of aromatic nitrogens is 1. The van der Waals surface area contributed by atoms with Gasteiger partial charge in [-0.05, 0) is 0 Å². The lowest BCUT2D eigenvalue weighted by molar-refractivity contribution is -0.276. The summed E-state index contributed by atoms with van der Waals surface area (Å²) in [5.41, 5.74) is 8.59. The molecule has 0 aliphatic rings. The molecule has 4 N–H and O–H groups in total. The summed E-state index contributed by atoms with van der Waals surface area (Å²) < 4.78 is 39.4. The summed E-state index contributed by atoms with van der Waals surface area (Å²) in [6, 6.07) is 1.55. The lowest BCUT2D eigenvalue weighted by Gasteiger charge is -2.12. The van der Waals surface area contributed by atoms with E-state index in [0.717, 1.165) is 6.20 Å². The van der Waals surface area contributed by atoms with Gasteiger partial charge in [0.2, 0.25) is 5.88 Å². The van der Waals surface area contributed by atoms with Crippen LogP contribution < -0.4 is 16.2 Å². The van der Waals surface area contributed by atoms with E-state index in [9.17, 15) is 18.0 Å². The lowest BCUT2D eigenvalue weighted by atomic mass is 10.1. The molecule has 1 heterocycles. The highest BCUT2D eigenvalue weighted by atomic mass is 19.4. The Hall–Kier alpha value is -2.50. The van der Waals surface area contributed by atoms with Crippen molar-refractivity contribution in [1.29, 1.82) is 5.26 Å². The first kappa shape index (κ1) is 12.6. The van der Waals surface area contributed by atoms with Crippen LogP contribution in [0.4, 0.5) is 18.9 Å². The Morgan fingerprint density at radius 3 is 2.53 bits per heavy atom. The molecule has 90 valence electrons. The number of nitrogen functional groups attached to an aromatic ring is 1. The SMILES string of the molecule is N#Cc1cnc(OC(F)(F)F)c(C(N)=O)c1N. The first-order chi connectivity index (χ1) is 7.76. The van der Waals surface area contributed by atoms with Crippen molar-refractivity contribution in [3.8, 4) is 11.9 Å². The number of pyridine rings is 1. The van der Waals surface area contributed by atoms with Crippen molar-refractivity contribution in [3.63, 3.8) is 0 Å². The standard InChI is InChI=1S/C8H5F3N4O2/c9-8(10,11)17-7-4(6(14)16)5(13)3(1-12)2-15-7/h2H,(H2,13,15)(H2,14,16). The Morgan fingerprint density at radius 1 is 1.53 bits per heavy atom. The van der Waals surface area contributed by atoms with Crippen molar-refractivity contribution in [3.05, 3.63) is 17.3 Å². The molecular formula is C8H5F3N4O2. The number of ether oxygens (including phenoxy) is 1. The highest BCUT2D eigenvalue weighted by molar-refractivity contribution is 6.01. The number of halogens is 3. The van der Waals surface area contributed by atoms with E-state index in [-0.39, 0.29) is 5.56 Å². The molecule has 0 spiro atoms. The molecule has 9 heteroatoms. The normalized spacial score (nSPS) is 10.7. The molecule has 0 aromatic carbocycles. The van der Waals surface area contributed by atoms with E-state index in [0.29, 0.717) is 0 Å². The highest BCUT2D eigenvalue weighted by Gasteiger charge is 2.34. The van der Waals surface area contributed by atoms with E-state index in [1.54, 1.807) is 6.07 Å². The number of carbonyl (C=O) groups excluding carboxylic acids is 1. The van der Waals surface area contributed by atoms with Crippen molar-refractivity contribution >= 4 is 11.6 Å². The zero-order chi connectivity index (χ0) is 13.2. The van der Waals surface area contributed by atoms with Crippen LogP contribution >= 0.6 is 0 Å². The quantitative estimate of drug-likeness (QED) is 0.789. The summed E-state index contributed by atoms with van der Waals surface area (Å²) >= 11 is 0. The Balaban J connectivity index is 3.38. The number of anilines is 1. The molecule has 6 nitrogen and oxygen atoms in total. The fourth-order valence-electron chi connectivity index (χ4n) is 1.02. The van der Waals surface area contributed by atoms with Crippen LogP contribution in [0.25, 0.3) is 0 Å². The third-order valence-electron chi connectivity index (χ3n) is 1.66. The number of alkyl halides is 3. The maximum absolute atomic E-state index is 12.0. The van der Waals surface area contributed by atoms with E-state index in [2.05, 4.69) is 9.72 Å². The largest absolute Gasteiger partial charge is 0.574 e. The number of amides is 1. The van der Waals surface area contributed by atoms with Crippen molar-refractivity contribution in [1.82, 2.24) is 4.98 Å².